The van der Waals surface area contributed by atoms with Gasteiger partial charge in [0.2, 0.25) is 0 Å². The predicted molar refractivity (Wildman–Crippen MR) is 104 cm³/mol. The quantitative estimate of drug-likeness (QED) is 0.813. The van der Waals surface area contributed by atoms with Gasteiger partial charge in [0, 0.05) is 23.7 Å². The van der Waals surface area contributed by atoms with Crippen molar-refractivity contribution in [2.24, 2.45) is 0 Å². The molecule has 1 amide bonds. The molecule has 0 saturated heterocycles. The van der Waals surface area contributed by atoms with Crippen LogP contribution in [0.3, 0.4) is 0 Å². The van der Waals surface area contributed by atoms with Crippen molar-refractivity contribution < 1.29 is 18.7 Å². The average molecular weight is 373 g/mol. The zero-order valence-corrected chi connectivity index (χ0v) is 16.6. The molecule has 1 aliphatic heterocycles. The molecule has 0 saturated carbocycles. The fourth-order valence-corrected chi connectivity index (χ4v) is 3.42. The number of hydrogen-bond acceptors (Lipinski definition) is 5. The molecule has 0 fully saturated rings. The molecule has 0 bridgehead atoms. The lowest BCUT2D eigenvalue weighted by Gasteiger charge is -2.33. The van der Waals surface area contributed by atoms with Gasteiger partial charge in [0.25, 0.3) is 5.91 Å². The lowest BCUT2D eigenvalue weighted by molar-refractivity contribution is -0.123. The molecule has 0 atom stereocenters. The first-order chi connectivity index (χ1) is 12.7. The van der Waals surface area contributed by atoms with Gasteiger partial charge in [0.15, 0.2) is 6.61 Å². The second kappa shape index (κ2) is 7.25. The molecule has 6 nitrogen and oxygen atoms in total. The topological polar surface area (TPSA) is 77.8 Å². The van der Waals surface area contributed by atoms with E-state index in [1.807, 2.05) is 40.7 Å². The van der Waals surface area contributed by atoms with E-state index in [2.05, 4.69) is 5.32 Å². The van der Waals surface area contributed by atoms with Crippen LogP contribution in [-0.4, -0.2) is 24.2 Å². The van der Waals surface area contributed by atoms with Crippen molar-refractivity contribution in [1.82, 2.24) is 5.32 Å². The summed E-state index contributed by atoms with van der Waals surface area (Å²) in [6, 6.07) is 3.35. The molecule has 0 radical (unpaired) electrons. The zero-order valence-electron chi connectivity index (χ0n) is 16.6. The summed E-state index contributed by atoms with van der Waals surface area (Å²) in [5.74, 6) is 0.947. The van der Waals surface area contributed by atoms with E-state index >= 15 is 0 Å². The third-order valence-corrected chi connectivity index (χ3v) is 4.68. The molecule has 1 aromatic heterocycles. The number of aryl methyl sites for hydroxylation is 2. The summed E-state index contributed by atoms with van der Waals surface area (Å²) in [7, 11) is 0. The number of rotatable bonds is 5. The Morgan fingerprint density at radius 3 is 2.74 bits per heavy atom. The Balaban J connectivity index is 2.11. The van der Waals surface area contributed by atoms with E-state index in [0.29, 0.717) is 23.5 Å². The molecule has 0 unspecified atom stereocenters. The second-order valence-corrected chi connectivity index (χ2v) is 7.87. The van der Waals surface area contributed by atoms with Gasteiger partial charge in [-0.05, 0) is 52.5 Å². The van der Waals surface area contributed by atoms with Crippen molar-refractivity contribution in [3.63, 3.8) is 0 Å². The second-order valence-electron chi connectivity index (χ2n) is 7.87. The number of carbonyl (C=O) groups is 1. The summed E-state index contributed by atoms with van der Waals surface area (Å²) < 4.78 is 17.5. The van der Waals surface area contributed by atoms with Gasteiger partial charge in [-0.15, -0.1) is 0 Å². The minimum Gasteiger partial charge on any atom is -0.487 e. The Morgan fingerprint density at radius 2 is 2.07 bits per heavy atom. The first-order valence-corrected chi connectivity index (χ1v) is 9.44. The van der Waals surface area contributed by atoms with E-state index < -0.39 is 0 Å². The number of ether oxygens (including phenoxy) is 2. The molecule has 146 valence electrons. The molecular weight excluding hydrogens is 346 g/mol. The maximum Gasteiger partial charge on any atom is 0.336 e. The number of hydrogen-bond donors (Lipinski definition) is 1. The summed E-state index contributed by atoms with van der Waals surface area (Å²) in [6.45, 7) is 9.70. The molecule has 2 aromatic rings. The van der Waals surface area contributed by atoms with Gasteiger partial charge in [0.05, 0.1) is 5.39 Å². The van der Waals surface area contributed by atoms with Crippen LogP contribution < -0.4 is 20.4 Å². The third kappa shape index (κ3) is 4.10. The molecule has 2 heterocycles. The highest BCUT2D eigenvalue weighted by Crippen LogP contribution is 2.42. The number of fused-ring (bicyclic) bond motifs is 3. The van der Waals surface area contributed by atoms with E-state index in [4.69, 9.17) is 13.9 Å². The van der Waals surface area contributed by atoms with E-state index in [1.54, 1.807) is 0 Å². The van der Waals surface area contributed by atoms with Crippen LogP contribution in [0.5, 0.6) is 11.5 Å². The maximum atomic E-state index is 12.1. The van der Waals surface area contributed by atoms with Crippen molar-refractivity contribution in [2.45, 2.75) is 65.5 Å². The van der Waals surface area contributed by atoms with Crippen molar-refractivity contribution >= 4 is 16.9 Å². The largest absolute Gasteiger partial charge is 0.487 e. The number of benzene rings is 1. The van der Waals surface area contributed by atoms with Gasteiger partial charge in [-0.3, -0.25) is 4.79 Å². The Bertz CT molecular complexity index is 926. The number of nitrogens with one attached hydrogen (secondary N) is 1. The average Bonchev–Trinajstić information content (AvgIpc) is 2.56. The van der Waals surface area contributed by atoms with Crippen LogP contribution in [0.15, 0.2) is 21.3 Å². The van der Waals surface area contributed by atoms with Crippen LogP contribution in [0.4, 0.5) is 0 Å². The van der Waals surface area contributed by atoms with Crippen molar-refractivity contribution in [3.8, 4) is 11.5 Å². The molecule has 0 aliphatic carbocycles. The zero-order chi connectivity index (χ0) is 19.8. The summed E-state index contributed by atoms with van der Waals surface area (Å²) in [6.07, 6.45) is 2.23. The highest BCUT2D eigenvalue weighted by molar-refractivity contribution is 5.92. The van der Waals surface area contributed by atoms with Gasteiger partial charge >= 0.3 is 5.63 Å². The van der Waals surface area contributed by atoms with Crippen molar-refractivity contribution in [3.05, 3.63) is 33.7 Å². The Labute approximate surface area is 158 Å². The Hall–Kier alpha value is -2.50. The summed E-state index contributed by atoms with van der Waals surface area (Å²) in [5, 5.41) is 3.55. The predicted octanol–water partition coefficient (Wildman–Crippen LogP) is 3.36. The first kappa shape index (κ1) is 19.3. The SMILES string of the molecule is CCc1cc(=O)oc2c3c(cc(OCC(=O)NC(C)C)c12)OC(C)(C)CC3. The number of amides is 1. The standard InChI is InChI=1S/C21H27NO5/c1-6-13-9-18(24)26-20-14-7-8-21(4,5)27-15(14)10-16(19(13)20)25-11-17(23)22-12(2)3/h9-10,12H,6-8,11H2,1-5H3,(H,22,23). The molecule has 3 rings (SSSR count). The normalized spacial score (nSPS) is 15.3. The summed E-state index contributed by atoms with van der Waals surface area (Å²) in [5.41, 5.74) is 1.53. The highest BCUT2D eigenvalue weighted by atomic mass is 16.5. The summed E-state index contributed by atoms with van der Waals surface area (Å²) in [4.78, 5) is 24.1. The van der Waals surface area contributed by atoms with Crippen LogP contribution in [0.1, 0.15) is 52.2 Å². The van der Waals surface area contributed by atoms with Crippen LogP contribution in [0.2, 0.25) is 0 Å². The van der Waals surface area contributed by atoms with Gasteiger partial charge < -0.3 is 19.2 Å². The Kier molecular flexibility index (Phi) is 5.18. The molecule has 1 aromatic carbocycles. The van der Waals surface area contributed by atoms with Gasteiger partial charge in [-0.25, -0.2) is 4.79 Å². The molecule has 6 heteroatoms. The van der Waals surface area contributed by atoms with E-state index in [-0.39, 0.29) is 29.8 Å². The van der Waals surface area contributed by atoms with Crippen LogP contribution in [-0.2, 0) is 17.6 Å². The highest BCUT2D eigenvalue weighted by Gasteiger charge is 2.30. The van der Waals surface area contributed by atoms with Crippen molar-refractivity contribution in [1.29, 1.82) is 0 Å². The van der Waals surface area contributed by atoms with Crippen LogP contribution in [0, 0.1) is 0 Å². The summed E-state index contributed by atoms with van der Waals surface area (Å²) >= 11 is 0. The van der Waals surface area contributed by atoms with Crippen LogP contribution in [0.25, 0.3) is 11.0 Å². The molecular formula is C21H27NO5. The third-order valence-electron chi connectivity index (χ3n) is 4.68. The lowest BCUT2D eigenvalue weighted by atomic mass is 9.92. The fraction of sp³-hybridized carbons (Fsp3) is 0.524. The minimum atomic E-state index is -0.388. The van der Waals surface area contributed by atoms with E-state index in [1.165, 1.54) is 6.07 Å². The molecule has 0 spiro atoms. The van der Waals surface area contributed by atoms with Crippen LogP contribution >= 0.6 is 0 Å². The van der Waals surface area contributed by atoms with Gasteiger partial charge in [-0.1, -0.05) is 6.92 Å². The Morgan fingerprint density at radius 1 is 1.33 bits per heavy atom. The fourth-order valence-electron chi connectivity index (χ4n) is 3.42. The maximum absolute atomic E-state index is 12.1. The monoisotopic (exact) mass is 373 g/mol. The van der Waals surface area contributed by atoms with Crippen molar-refractivity contribution in [2.75, 3.05) is 6.61 Å². The smallest absolute Gasteiger partial charge is 0.336 e. The van der Waals surface area contributed by atoms with E-state index in [0.717, 1.165) is 29.4 Å². The molecule has 1 N–H and O–H groups in total. The number of carbonyl (C=O) groups excluding carboxylic acids is 1. The lowest BCUT2D eigenvalue weighted by Crippen LogP contribution is -2.34. The molecule has 27 heavy (non-hydrogen) atoms. The van der Waals surface area contributed by atoms with E-state index in [9.17, 15) is 9.59 Å². The molecule has 1 aliphatic rings. The minimum absolute atomic E-state index is 0.0368. The van der Waals surface area contributed by atoms with Gasteiger partial charge in [-0.2, -0.15) is 0 Å². The first-order valence-electron chi connectivity index (χ1n) is 9.44. The van der Waals surface area contributed by atoms with Gasteiger partial charge in [0.1, 0.15) is 22.7 Å².